The van der Waals surface area contributed by atoms with Gasteiger partial charge in [-0.25, -0.2) is 0 Å². The molecule has 0 spiro atoms. The summed E-state index contributed by atoms with van der Waals surface area (Å²) in [5, 5.41) is 0. The fourth-order valence-electron chi connectivity index (χ4n) is 1.84. The molecule has 0 saturated carbocycles. The molecule has 0 aliphatic carbocycles. The van der Waals surface area contributed by atoms with Crippen molar-refractivity contribution < 1.29 is 28.3 Å². The van der Waals surface area contributed by atoms with Gasteiger partial charge in [-0.3, -0.25) is 0 Å². The van der Waals surface area contributed by atoms with E-state index in [1.165, 1.54) is 11.9 Å². The Kier molecular flexibility index (Phi) is 7.04. The van der Waals surface area contributed by atoms with E-state index < -0.39 is 17.3 Å². The second-order valence-corrected chi connectivity index (χ2v) is 9.66. The third-order valence-electron chi connectivity index (χ3n) is 2.69. The fourth-order valence-corrected chi connectivity index (χ4v) is 7.70. The third kappa shape index (κ3) is 4.12. The zero-order valence-electron chi connectivity index (χ0n) is 11.5. The number of rotatable bonds is 3. The van der Waals surface area contributed by atoms with Gasteiger partial charge >= 0.3 is 120 Å². The van der Waals surface area contributed by atoms with E-state index in [-0.39, 0.29) is 11.0 Å². The molecule has 0 atom stereocenters. The number of hydrogen-bond donors (Lipinski definition) is 0. The predicted molar refractivity (Wildman–Crippen MR) is 85.5 cm³/mol. The Labute approximate surface area is 131 Å². The van der Waals surface area contributed by atoms with Crippen molar-refractivity contribution in [3.63, 3.8) is 0 Å². The van der Waals surface area contributed by atoms with Crippen LogP contribution in [0.3, 0.4) is 0 Å². The van der Waals surface area contributed by atoms with Gasteiger partial charge < -0.3 is 11.0 Å². The van der Waals surface area contributed by atoms with Gasteiger partial charge in [-0.15, -0.1) is 0 Å². The Bertz CT molecular complexity index is 533. The third-order valence-corrected chi connectivity index (χ3v) is 8.89. The van der Waals surface area contributed by atoms with Crippen LogP contribution in [0.5, 0.6) is 0 Å². The molecule has 4 N–H and O–H groups in total. The van der Waals surface area contributed by atoms with Crippen LogP contribution in [0.4, 0.5) is 0 Å². The molecule has 2 nitrogen and oxygen atoms in total. The van der Waals surface area contributed by atoms with Gasteiger partial charge in [0.25, 0.3) is 0 Å². The molecule has 3 aromatic carbocycles. The number of benzene rings is 3. The Morgan fingerprint density at radius 2 is 0.619 bits per heavy atom. The van der Waals surface area contributed by atoms with Crippen LogP contribution in [0.2, 0.25) is 0 Å². The maximum absolute atomic E-state index is 2.27. The molecule has 0 bridgehead atoms. The Morgan fingerprint density at radius 3 is 0.857 bits per heavy atom. The molecule has 0 amide bonds. The summed E-state index contributed by atoms with van der Waals surface area (Å²) in [6, 6.07) is 32.8. The summed E-state index contributed by atoms with van der Waals surface area (Å²) in [6.45, 7) is 0. The Morgan fingerprint density at radius 1 is 0.381 bits per heavy atom. The van der Waals surface area contributed by atoms with Crippen molar-refractivity contribution in [2.45, 2.75) is 0 Å². The standard InChI is InChI=1S/3C6H5.2H2O.Pt/c3*1-2-4-6-5-3-1;;;/h3*1-5H;2*1H2;. The van der Waals surface area contributed by atoms with Crippen molar-refractivity contribution >= 4 is 11.9 Å². The second kappa shape index (κ2) is 8.53. The van der Waals surface area contributed by atoms with E-state index >= 15 is 0 Å². The van der Waals surface area contributed by atoms with Gasteiger partial charge in [0.2, 0.25) is 0 Å². The average Bonchev–Trinajstić information content (AvgIpc) is 2.51. The summed E-state index contributed by atoms with van der Waals surface area (Å²) in [6.07, 6.45) is 0. The van der Waals surface area contributed by atoms with Gasteiger partial charge in [0.15, 0.2) is 0 Å². The summed E-state index contributed by atoms with van der Waals surface area (Å²) in [5.74, 6) is 0. The molecule has 0 radical (unpaired) electrons. The van der Waals surface area contributed by atoms with E-state index in [1.807, 2.05) is 0 Å². The van der Waals surface area contributed by atoms with Gasteiger partial charge in [0.05, 0.1) is 0 Å². The van der Waals surface area contributed by atoms with Crippen LogP contribution in [0.15, 0.2) is 91.0 Å². The molecule has 0 aliphatic heterocycles. The molecule has 113 valence electrons. The predicted octanol–water partition coefficient (Wildman–Crippen LogP) is 0.932. The van der Waals surface area contributed by atoms with Crippen LogP contribution in [0.1, 0.15) is 0 Å². The molecule has 3 aromatic rings. The molecule has 21 heavy (non-hydrogen) atoms. The van der Waals surface area contributed by atoms with E-state index in [4.69, 9.17) is 0 Å². The summed E-state index contributed by atoms with van der Waals surface area (Å²) in [7, 11) is 0. The molecule has 0 unspecified atom stereocenters. The fraction of sp³-hybridized carbons (Fsp3) is 0. The van der Waals surface area contributed by atoms with Gasteiger partial charge in [-0.2, -0.15) is 0 Å². The minimum absolute atomic E-state index is 0. The number of hydrogen-bond acceptors (Lipinski definition) is 0. The first-order chi connectivity index (χ1) is 9.45. The van der Waals surface area contributed by atoms with Crippen LogP contribution in [0.25, 0.3) is 0 Å². The summed E-state index contributed by atoms with van der Waals surface area (Å²) < 4.78 is 4.47. The first-order valence-electron chi connectivity index (χ1n) is 6.21. The van der Waals surface area contributed by atoms with E-state index in [0.717, 1.165) is 0 Å². The molecule has 0 aliphatic rings. The van der Waals surface area contributed by atoms with Crippen molar-refractivity contribution in [3.05, 3.63) is 91.0 Å². The topological polar surface area (TPSA) is 63.0 Å². The van der Waals surface area contributed by atoms with Crippen molar-refractivity contribution in [1.29, 1.82) is 0 Å². The van der Waals surface area contributed by atoms with Gasteiger partial charge in [-0.1, -0.05) is 0 Å². The zero-order valence-corrected chi connectivity index (χ0v) is 13.7. The summed E-state index contributed by atoms with van der Waals surface area (Å²) in [4.78, 5) is 0. The van der Waals surface area contributed by atoms with E-state index in [1.54, 1.807) is 0 Å². The van der Waals surface area contributed by atoms with Crippen LogP contribution in [-0.4, -0.2) is 11.0 Å². The Balaban J connectivity index is 0.00000110. The molecule has 0 aromatic heterocycles. The molecule has 0 fully saturated rings. The first-order valence-corrected chi connectivity index (χ1v) is 9.61. The quantitative estimate of drug-likeness (QED) is 0.556. The van der Waals surface area contributed by atoms with Crippen LogP contribution < -0.4 is 11.9 Å². The van der Waals surface area contributed by atoms with Crippen molar-refractivity contribution in [2.75, 3.05) is 0 Å². The SMILES string of the molecule is O.O.c1cc[c]([Pt]([c]2ccccc2)[c]2ccccc2)cc1. The van der Waals surface area contributed by atoms with Gasteiger partial charge in [0.1, 0.15) is 0 Å². The molecule has 3 rings (SSSR count). The molecule has 0 saturated heterocycles. The zero-order chi connectivity index (χ0) is 12.9. The van der Waals surface area contributed by atoms with E-state index in [0.29, 0.717) is 0 Å². The second-order valence-electron chi connectivity index (χ2n) is 4.02. The Hall–Kier alpha value is -1.73. The van der Waals surface area contributed by atoms with Gasteiger partial charge in [-0.05, 0) is 0 Å². The maximum atomic E-state index is 2.27. The molecular weight excluding hydrogens is 443 g/mol. The molecular formula is C18H19O2Pt. The van der Waals surface area contributed by atoms with E-state index in [2.05, 4.69) is 91.0 Å². The van der Waals surface area contributed by atoms with Gasteiger partial charge in [0, 0.05) is 0 Å². The van der Waals surface area contributed by atoms with Crippen LogP contribution >= 0.6 is 0 Å². The first kappa shape index (κ1) is 17.3. The van der Waals surface area contributed by atoms with Crippen LogP contribution in [-0.2, 0) is 17.3 Å². The van der Waals surface area contributed by atoms with E-state index in [9.17, 15) is 0 Å². The minimum atomic E-state index is -1.52. The molecule has 0 heterocycles. The average molecular weight is 462 g/mol. The van der Waals surface area contributed by atoms with Crippen molar-refractivity contribution in [3.8, 4) is 0 Å². The molecule has 3 heteroatoms. The van der Waals surface area contributed by atoms with Crippen LogP contribution in [0, 0.1) is 0 Å². The normalized spacial score (nSPS) is 10.0. The summed E-state index contributed by atoms with van der Waals surface area (Å²) >= 11 is -1.52. The summed E-state index contributed by atoms with van der Waals surface area (Å²) in [5.41, 5.74) is 0. The monoisotopic (exact) mass is 462 g/mol. The van der Waals surface area contributed by atoms with Crippen molar-refractivity contribution in [2.24, 2.45) is 0 Å². The van der Waals surface area contributed by atoms with Crippen molar-refractivity contribution in [1.82, 2.24) is 0 Å².